The van der Waals surface area contributed by atoms with Crippen molar-refractivity contribution in [3.05, 3.63) is 18.2 Å². The maximum Gasteiger partial charge on any atom is 0.230 e. The molecule has 1 unspecified atom stereocenters. The number of aromatic amines is 1. The first-order valence-corrected chi connectivity index (χ1v) is 6.42. The van der Waals surface area contributed by atoms with E-state index < -0.39 is 5.92 Å². The van der Waals surface area contributed by atoms with Crippen molar-refractivity contribution in [3.8, 4) is 0 Å². The zero-order valence-electron chi connectivity index (χ0n) is 11.1. The summed E-state index contributed by atoms with van der Waals surface area (Å²) in [5, 5.41) is 14.4. The number of amides is 1. The topological polar surface area (TPSA) is 116 Å². The first-order valence-electron chi connectivity index (χ1n) is 6.42. The van der Waals surface area contributed by atoms with Crippen LogP contribution in [0.5, 0.6) is 0 Å². The number of nitrogens with one attached hydrogen (secondary N) is 2. The Morgan fingerprint density at radius 1 is 1.68 bits per heavy atom. The molecular weight excluding hydrogens is 246 g/mol. The van der Waals surface area contributed by atoms with Crippen LogP contribution in [0.15, 0.2) is 17.5 Å². The number of imidazole rings is 1. The molecule has 7 nitrogen and oxygen atoms in total. The molecule has 0 fully saturated rings. The molecule has 0 aromatic carbocycles. The number of aromatic nitrogens is 2. The zero-order chi connectivity index (χ0) is 14.1. The Morgan fingerprint density at radius 3 is 3.05 bits per heavy atom. The maximum absolute atomic E-state index is 11.9. The Bertz CT molecular complexity index is 402. The fraction of sp³-hybridized carbons (Fsp3) is 0.583. The SMILES string of the molecule is CCCC(C(=O)NCCCc1ncc[nH]1)/C(N)=N/O. The predicted octanol–water partition coefficient (Wildman–Crippen LogP) is 0.621. The van der Waals surface area contributed by atoms with Gasteiger partial charge in [-0.25, -0.2) is 4.98 Å². The number of amidine groups is 1. The van der Waals surface area contributed by atoms with Crippen LogP contribution in [0.4, 0.5) is 0 Å². The number of hydrogen-bond donors (Lipinski definition) is 4. The summed E-state index contributed by atoms with van der Waals surface area (Å²) in [7, 11) is 0. The highest BCUT2D eigenvalue weighted by atomic mass is 16.4. The van der Waals surface area contributed by atoms with Crippen LogP contribution in [0.3, 0.4) is 0 Å². The van der Waals surface area contributed by atoms with Gasteiger partial charge in [-0.05, 0) is 12.8 Å². The summed E-state index contributed by atoms with van der Waals surface area (Å²) in [6.45, 7) is 2.49. The molecule has 1 aromatic rings. The second kappa shape index (κ2) is 8.12. The van der Waals surface area contributed by atoms with Gasteiger partial charge in [0, 0.05) is 25.4 Å². The zero-order valence-corrected chi connectivity index (χ0v) is 11.1. The Balaban J connectivity index is 2.32. The van der Waals surface area contributed by atoms with Gasteiger partial charge in [0.15, 0.2) is 5.84 Å². The van der Waals surface area contributed by atoms with Crippen molar-refractivity contribution in [1.29, 1.82) is 0 Å². The monoisotopic (exact) mass is 267 g/mol. The van der Waals surface area contributed by atoms with E-state index in [2.05, 4.69) is 20.4 Å². The van der Waals surface area contributed by atoms with Gasteiger partial charge >= 0.3 is 0 Å². The standard InChI is InChI=1S/C12H21N5O2/c1-2-4-9(11(13)17-19)12(18)16-6-3-5-10-14-7-8-15-10/h7-9,19H,2-6H2,1H3,(H2,13,17)(H,14,15)(H,16,18). The lowest BCUT2D eigenvalue weighted by Gasteiger charge is -2.14. The highest BCUT2D eigenvalue weighted by Crippen LogP contribution is 2.07. The quantitative estimate of drug-likeness (QED) is 0.182. The highest BCUT2D eigenvalue weighted by molar-refractivity contribution is 6.01. The van der Waals surface area contributed by atoms with Gasteiger partial charge in [-0.2, -0.15) is 0 Å². The molecular formula is C12H21N5O2. The highest BCUT2D eigenvalue weighted by Gasteiger charge is 2.21. The van der Waals surface area contributed by atoms with Crippen LogP contribution in [0, 0.1) is 5.92 Å². The van der Waals surface area contributed by atoms with Crippen LogP contribution < -0.4 is 11.1 Å². The normalized spacial score (nSPS) is 13.2. The van der Waals surface area contributed by atoms with E-state index in [0.717, 1.165) is 25.1 Å². The lowest BCUT2D eigenvalue weighted by atomic mass is 10.0. The molecule has 0 saturated carbocycles. The molecule has 7 heteroatoms. The van der Waals surface area contributed by atoms with Crippen LogP contribution in [0.25, 0.3) is 0 Å². The van der Waals surface area contributed by atoms with Gasteiger partial charge in [-0.15, -0.1) is 0 Å². The lowest BCUT2D eigenvalue weighted by Crippen LogP contribution is -2.39. The lowest BCUT2D eigenvalue weighted by molar-refractivity contribution is -0.123. The third kappa shape index (κ3) is 4.99. The van der Waals surface area contributed by atoms with Crippen LogP contribution in [0.1, 0.15) is 32.0 Å². The second-order valence-electron chi connectivity index (χ2n) is 4.30. The number of H-pyrrole nitrogens is 1. The molecule has 1 rings (SSSR count). The molecule has 106 valence electrons. The van der Waals surface area contributed by atoms with Gasteiger partial charge in [0.25, 0.3) is 0 Å². The van der Waals surface area contributed by atoms with E-state index >= 15 is 0 Å². The Labute approximate surface area is 112 Å². The van der Waals surface area contributed by atoms with Crippen molar-refractivity contribution < 1.29 is 10.0 Å². The molecule has 1 aromatic heterocycles. The summed E-state index contributed by atoms with van der Waals surface area (Å²) in [5.41, 5.74) is 5.51. The van der Waals surface area contributed by atoms with E-state index in [1.807, 2.05) is 6.92 Å². The summed E-state index contributed by atoms with van der Waals surface area (Å²) >= 11 is 0. The Morgan fingerprint density at radius 2 is 2.47 bits per heavy atom. The number of carbonyl (C=O) groups excluding carboxylic acids is 1. The summed E-state index contributed by atoms with van der Waals surface area (Å²) in [6.07, 6.45) is 6.39. The number of oxime groups is 1. The smallest absolute Gasteiger partial charge is 0.230 e. The molecule has 19 heavy (non-hydrogen) atoms. The van der Waals surface area contributed by atoms with Gasteiger partial charge in [0.05, 0.1) is 5.92 Å². The van der Waals surface area contributed by atoms with Gasteiger partial charge in [0.1, 0.15) is 5.82 Å². The number of nitrogens with two attached hydrogens (primary N) is 1. The molecule has 1 atom stereocenters. The molecule has 0 saturated heterocycles. The van der Waals surface area contributed by atoms with Crippen molar-refractivity contribution in [1.82, 2.24) is 15.3 Å². The van der Waals surface area contributed by atoms with Crippen molar-refractivity contribution in [2.45, 2.75) is 32.6 Å². The summed E-state index contributed by atoms with van der Waals surface area (Å²) in [6, 6.07) is 0. The number of aryl methyl sites for hydroxylation is 1. The van der Waals surface area contributed by atoms with E-state index in [1.165, 1.54) is 0 Å². The van der Waals surface area contributed by atoms with Gasteiger partial charge < -0.3 is 21.2 Å². The fourth-order valence-corrected chi connectivity index (χ4v) is 1.80. The molecule has 5 N–H and O–H groups in total. The first-order chi connectivity index (χ1) is 9.19. The molecule has 0 aliphatic rings. The van der Waals surface area contributed by atoms with Crippen molar-refractivity contribution in [2.75, 3.05) is 6.54 Å². The average Bonchev–Trinajstić information content (AvgIpc) is 2.93. The minimum Gasteiger partial charge on any atom is -0.409 e. The van der Waals surface area contributed by atoms with Crippen molar-refractivity contribution in [2.24, 2.45) is 16.8 Å². The average molecular weight is 267 g/mol. The summed E-state index contributed by atoms with van der Waals surface area (Å²) in [4.78, 5) is 19.0. The van der Waals surface area contributed by atoms with E-state index in [4.69, 9.17) is 10.9 Å². The van der Waals surface area contributed by atoms with E-state index in [9.17, 15) is 4.79 Å². The first kappa shape index (κ1) is 15.0. The predicted molar refractivity (Wildman–Crippen MR) is 71.7 cm³/mol. The molecule has 1 heterocycles. The fourth-order valence-electron chi connectivity index (χ4n) is 1.80. The molecule has 0 bridgehead atoms. The number of carbonyl (C=O) groups is 1. The molecule has 0 aliphatic heterocycles. The third-order valence-electron chi connectivity index (χ3n) is 2.81. The van der Waals surface area contributed by atoms with E-state index in [1.54, 1.807) is 12.4 Å². The van der Waals surface area contributed by atoms with E-state index in [-0.39, 0.29) is 11.7 Å². The van der Waals surface area contributed by atoms with Crippen LogP contribution in [-0.4, -0.2) is 33.5 Å². The summed E-state index contributed by atoms with van der Waals surface area (Å²) in [5.74, 6) is 0.108. The van der Waals surface area contributed by atoms with Crippen molar-refractivity contribution >= 4 is 11.7 Å². The van der Waals surface area contributed by atoms with Crippen LogP contribution in [-0.2, 0) is 11.2 Å². The third-order valence-corrected chi connectivity index (χ3v) is 2.81. The Kier molecular flexibility index (Phi) is 6.42. The molecule has 0 radical (unpaired) electrons. The second-order valence-corrected chi connectivity index (χ2v) is 4.30. The maximum atomic E-state index is 11.9. The van der Waals surface area contributed by atoms with Crippen LogP contribution >= 0.6 is 0 Å². The number of rotatable bonds is 8. The number of nitrogens with zero attached hydrogens (tertiary/aromatic N) is 2. The van der Waals surface area contributed by atoms with Gasteiger partial charge in [-0.1, -0.05) is 18.5 Å². The summed E-state index contributed by atoms with van der Waals surface area (Å²) < 4.78 is 0. The molecule has 0 spiro atoms. The molecule has 0 aliphatic carbocycles. The largest absolute Gasteiger partial charge is 0.409 e. The van der Waals surface area contributed by atoms with Crippen molar-refractivity contribution in [3.63, 3.8) is 0 Å². The van der Waals surface area contributed by atoms with Crippen LogP contribution in [0.2, 0.25) is 0 Å². The molecule has 1 amide bonds. The minimum absolute atomic E-state index is 0.0367. The minimum atomic E-state index is -0.557. The van der Waals surface area contributed by atoms with Gasteiger partial charge in [-0.3, -0.25) is 4.79 Å². The van der Waals surface area contributed by atoms with E-state index in [0.29, 0.717) is 13.0 Å². The number of hydrogen-bond acceptors (Lipinski definition) is 4. The Hall–Kier alpha value is -2.05. The van der Waals surface area contributed by atoms with Gasteiger partial charge in [0.2, 0.25) is 5.91 Å².